The van der Waals surface area contributed by atoms with Crippen LogP contribution in [-0.2, 0) is 0 Å². The number of aliphatic hydroxyl groups is 1. The van der Waals surface area contributed by atoms with Gasteiger partial charge in [-0.05, 0) is 43.0 Å². The maximum Gasteiger partial charge on any atom is 0.165 e. The number of rotatable bonds is 6. The predicted molar refractivity (Wildman–Crippen MR) is 65.5 cm³/mol. The molecule has 90 valence electrons. The smallest absolute Gasteiger partial charge is 0.165 e. The second-order valence-electron chi connectivity index (χ2n) is 3.56. The van der Waals surface area contributed by atoms with Gasteiger partial charge in [-0.3, -0.25) is 0 Å². The molecule has 2 nitrogen and oxygen atoms in total. The van der Waals surface area contributed by atoms with Crippen LogP contribution in [0.2, 0.25) is 0 Å². The zero-order chi connectivity index (χ0) is 12.0. The van der Waals surface area contributed by atoms with E-state index in [-0.39, 0.29) is 5.75 Å². The normalized spacial score (nSPS) is 12.5. The molecule has 0 bridgehead atoms. The van der Waals surface area contributed by atoms with Gasteiger partial charge >= 0.3 is 0 Å². The Bertz CT molecular complexity index is 329. The summed E-state index contributed by atoms with van der Waals surface area (Å²) in [5.74, 6) is 0.848. The molecule has 0 amide bonds. The largest absolute Gasteiger partial charge is 0.490 e. The Morgan fingerprint density at radius 1 is 1.50 bits per heavy atom. The molecule has 0 heterocycles. The van der Waals surface area contributed by atoms with Crippen LogP contribution in [0.5, 0.6) is 5.75 Å². The van der Waals surface area contributed by atoms with E-state index in [2.05, 4.69) is 0 Å². The van der Waals surface area contributed by atoms with Gasteiger partial charge in [0.2, 0.25) is 0 Å². The van der Waals surface area contributed by atoms with E-state index in [1.54, 1.807) is 30.8 Å². The van der Waals surface area contributed by atoms with Crippen LogP contribution in [0, 0.1) is 5.82 Å². The summed E-state index contributed by atoms with van der Waals surface area (Å²) >= 11 is 1.74. The molecule has 1 N–H and O–H groups in total. The van der Waals surface area contributed by atoms with Crippen LogP contribution < -0.4 is 4.74 Å². The Hall–Kier alpha value is -0.740. The topological polar surface area (TPSA) is 29.5 Å². The van der Waals surface area contributed by atoms with Gasteiger partial charge in [-0.15, -0.1) is 0 Å². The summed E-state index contributed by atoms with van der Waals surface area (Å²) < 4.78 is 18.8. The van der Waals surface area contributed by atoms with Gasteiger partial charge in [0.15, 0.2) is 11.6 Å². The van der Waals surface area contributed by atoms with E-state index in [4.69, 9.17) is 4.74 Å². The first-order valence-electron chi connectivity index (χ1n) is 5.24. The van der Waals surface area contributed by atoms with Crippen LogP contribution in [0.25, 0.3) is 0 Å². The molecule has 0 fully saturated rings. The summed E-state index contributed by atoms with van der Waals surface area (Å²) in [6.45, 7) is 2.12. The fraction of sp³-hybridized carbons (Fsp3) is 0.500. The highest BCUT2D eigenvalue weighted by Crippen LogP contribution is 2.22. The summed E-state index contributed by atoms with van der Waals surface area (Å²) in [6, 6.07) is 4.56. The standard InChI is InChI=1S/C12H17FO2S/c1-9(14)10-4-5-12(11(13)8-10)15-6-3-7-16-2/h4-5,8-9,14H,3,6-7H2,1-2H3/t9-/m1/s1. The van der Waals surface area contributed by atoms with E-state index < -0.39 is 11.9 Å². The molecule has 0 unspecified atom stereocenters. The number of halogens is 1. The van der Waals surface area contributed by atoms with E-state index in [0.29, 0.717) is 12.2 Å². The fourth-order valence-corrected chi connectivity index (χ4v) is 1.69. The molecular formula is C12H17FO2S. The van der Waals surface area contributed by atoms with E-state index >= 15 is 0 Å². The third-order valence-electron chi connectivity index (χ3n) is 2.19. The molecule has 0 aliphatic carbocycles. The number of hydrogen-bond acceptors (Lipinski definition) is 3. The highest BCUT2D eigenvalue weighted by atomic mass is 32.2. The summed E-state index contributed by atoms with van der Waals surface area (Å²) in [7, 11) is 0. The maximum absolute atomic E-state index is 13.5. The second-order valence-corrected chi connectivity index (χ2v) is 4.55. The lowest BCUT2D eigenvalue weighted by atomic mass is 10.1. The third kappa shape index (κ3) is 4.02. The van der Waals surface area contributed by atoms with Crippen molar-refractivity contribution in [1.29, 1.82) is 0 Å². The van der Waals surface area contributed by atoms with Gasteiger partial charge in [0, 0.05) is 0 Å². The van der Waals surface area contributed by atoms with Crippen molar-refractivity contribution in [3.05, 3.63) is 29.6 Å². The minimum Gasteiger partial charge on any atom is -0.490 e. The number of aliphatic hydroxyl groups excluding tert-OH is 1. The van der Waals surface area contributed by atoms with E-state index in [9.17, 15) is 9.50 Å². The van der Waals surface area contributed by atoms with Gasteiger partial charge in [0.05, 0.1) is 12.7 Å². The molecule has 1 aromatic rings. The maximum atomic E-state index is 13.5. The minimum atomic E-state index is -0.653. The molecule has 0 radical (unpaired) electrons. The molecule has 0 aliphatic heterocycles. The molecular weight excluding hydrogens is 227 g/mol. The van der Waals surface area contributed by atoms with Crippen LogP contribution >= 0.6 is 11.8 Å². The number of hydrogen-bond donors (Lipinski definition) is 1. The van der Waals surface area contributed by atoms with E-state index in [1.807, 2.05) is 6.26 Å². The van der Waals surface area contributed by atoms with Gasteiger partial charge in [-0.2, -0.15) is 11.8 Å². The molecule has 0 saturated carbocycles. The Morgan fingerprint density at radius 2 is 2.25 bits per heavy atom. The highest BCUT2D eigenvalue weighted by Gasteiger charge is 2.07. The lowest BCUT2D eigenvalue weighted by Crippen LogP contribution is -2.01. The number of benzene rings is 1. The SMILES string of the molecule is CSCCCOc1ccc([C@@H](C)O)cc1F. The Balaban J connectivity index is 2.54. The van der Waals surface area contributed by atoms with Gasteiger partial charge in [0.25, 0.3) is 0 Å². The molecule has 1 atom stereocenters. The molecule has 1 rings (SSSR count). The van der Waals surface area contributed by atoms with Crippen molar-refractivity contribution >= 4 is 11.8 Å². The predicted octanol–water partition coefficient (Wildman–Crippen LogP) is 3.01. The molecule has 0 saturated heterocycles. The van der Waals surface area contributed by atoms with Gasteiger partial charge in [-0.25, -0.2) is 4.39 Å². The monoisotopic (exact) mass is 244 g/mol. The second kappa shape index (κ2) is 6.76. The zero-order valence-electron chi connectivity index (χ0n) is 9.57. The molecule has 0 aliphatic rings. The Kier molecular flexibility index (Phi) is 5.63. The van der Waals surface area contributed by atoms with Crippen molar-refractivity contribution in [2.45, 2.75) is 19.4 Å². The molecule has 0 aromatic heterocycles. The van der Waals surface area contributed by atoms with Crippen LogP contribution in [0.4, 0.5) is 4.39 Å². The van der Waals surface area contributed by atoms with E-state index in [0.717, 1.165) is 12.2 Å². The average molecular weight is 244 g/mol. The summed E-state index contributed by atoms with van der Waals surface area (Å²) in [6.07, 6.45) is 2.27. The Morgan fingerprint density at radius 3 is 2.81 bits per heavy atom. The van der Waals surface area contributed by atoms with Crippen molar-refractivity contribution in [1.82, 2.24) is 0 Å². The minimum absolute atomic E-state index is 0.255. The van der Waals surface area contributed by atoms with Crippen LogP contribution in [0.15, 0.2) is 18.2 Å². The molecule has 1 aromatic carbocycles. The Labute approximate surface area is 99.8 Å². The zero-order valence-corrected chi connectivity index (χ0v) is 10.4. The van der Waals surface area contributed by atoms with Crippen molar-refractivity contribution < 1.29 is 14.2 Å². The fourth-order valence-electron chi connectivity index (χ4n) is 1.28. The summed E-state index contributed by atoms with van der Waals surface area (Å²) in [5, 5.41) is 9.27. The quantitative estimate of drug-likeness (QED) is 0.780. The molecule has 0 spiro atoms. The summed E-state index contributed by atoms with van der Waals surface area (Å²) in [5.41, 5.74) is 0.564. The first-order valence-corrected chi connectivity index (χ1v) is 6.63. The lowest BCUT2D eigenvalue weighted by molar-refractivity contribution is 0.198. The van der Waals surface area contributed by atoms with Gasteiger partial charge in [0.1, 0.15) is 0 Å². The van der Waals surface area contributed by atoms with Crippen LogP contribution in [0.1, 0.15) is 25.0 Å². The molecule has 4 heteroatoms. The van der Waals surface area contributed by atoms with Crippen molar-refractivity contribution in [2.24, 2.45) is 0 Å². The van der Waals surface area contributed by atoms with Crippen molar-refractivity contribution in [3.63, 3.8) is 0 Å². The highest BCUT2D eigenvalue weighted by molar-refractivity contribution is 7.98. The number of ether oxygens (including phenoxy) is 1. The van der Waals surface area contributed by atoms with Gasteiger partial charge in [-0.1, -0.05) is 6.07 Å². The van der Waals surface area contributed by atoms with Crippen LogP contribution in [0.3, 0.4) is 0 Å². The van der Waals surface area contributed by atoms with E-state index in [1.165, 1.54) is 6.07 Å². The molecule has 16 heavy (non-hydrogen) atoms. The third-order valence-corrected chi connectivity index (χ3v) is 2.89. The first kappa shape index (κ1) is 13.3. The average Bonchev–Trinajstić information content (AvgIpc) is 2.26. The van der Waals surface area contributed by atoms with Crippen molar-refractivity contribution in [3.8, 4) is 5.75 Å². The van der Waals surface area contributed by atoms with Gasteiger partial charge < -0.3 is 9.84 Å². The lowest BCUT2D eigenvalue weighted by Gasteiger charge is -2.09. The first-order chi connectivity index (χ1) is 7.65. The number of thioether (sulfide) groups is 1. The summed E-state index contributed by atoms with van der Waals surface area (Å²) in [4.78, 5) is 0. The van der Waals surface area contributed by atoms with Crippen molar-refractivity contribution in [2.75, 3.05) is 18.6 Å². The van der Waals surface area contributed by atoms with Crippen LogP contribution in [-0.4, -0.2) is 23.7 Å².